The predicted octanol–water partition coefficient (Wildman–Crippen LogP) is 2.81. The maximum Gasteiger partial charge on any atom is 0.253 e. The lowest BCUT2D eigenvalue weighted by molar-refractivity contribution is 0.0746. The van der Waals surface area contributed by atoms with E-state index in [1.165, 1.54) is 0 Å². The molecule has 6 heteroatoms. The van der Waals surface area contributed by atoms with Gasteiger partial charge in [-0.25, -0.2) is 0 Å². The third-order valence-electron chi connectivity index (χ3n) is 4.82. The van der Waals surface area contributed by atoms with Crippen molar-refractivity contribution in [3.05, 3.63) is 72.1 Å². The maximum atomic E-state index is 12.6. The molecular formula is C21H21N5O. The number of aryl methyl sites for hydroxylation is 1. The van der Waals surface area contributed by atoms with Crippen LogP contribution in [0.2, 0.25) is 0 Å². The van der Waals surface area contributed by atoms with Gasteiger partial charge >= 0.3 is 0 Å². The Kier molecular flexibility index (Phi) is 4.78. The Balaban J connectivity index is 1.39. The van der Waals surface area contributed by atoms with Crippen LogP contribution >= 0.6 is 0 Å². The molecule has 0 N–H and O–H groups in total. The van der Waals surface area contributed by atoms with E-state index >= 15 is 0 Å². The van der Waals surface area contributed by atoms with Crippen LogP contribution in [0.4, 0.5) is 5.82 Å². The first-order valence-corrected chi connectivity index (χ1v) is 9.06. The van der Waals surface area contributed by atoms with E-state index in [4.69, 9.17) is 0 Å². The average molecular weight is 359 g/mol. The lowest BCUT2D eigenvalue weighted by Crippen LogP contribution is -2.49. The topological polar surface area (TPSA) is 62.2 Å². The summed E-state index contributed by atoms with van der Waals surface area (Å²) < 4.78 is 0. The van der Waals surface area contributed by atoms with Crippen molar-refractivity contribution in [1.82, 2.24) is 20.1 Å². The molecule has 4 rings (SSSR count). The van der Waals surface area contributed by atoms with Crippen LogP contribution in [-0.4, -0.2) is 52.2 Å². The van der Waals surface area contributed by atoms with E-state index in [1.807, 2.05) is 60.4 Å². The van der Waals surface area contributed by atoms with Crippen LogP contribution in [0.25, 0.3) is 11.3 Å². The van der Waals surface area contributed by atoms with Crippen LogP contribution in [0.15, 0.2) is 60.9 Å². The fourth-order valence-corrected chi connectivity index (χ4v) is 3.19. The van der Waals surface area contributed by atoms with Crippen LogP contribution < -0.4 is 4.90 Å². The second kappa shape index (κ2) is 7.53. The predicted molar refractivity (Wildman–Crippen MR) is 105 cm³/mol. The van der Waals surface area contributed by atoms with E-state index in [1.54, 1.807) is 12.4 Å². The van der Waals surface area contributed by atoms with Gasteiger partial charge in [0.05, 0.1) is 5.69 Å². The Morgan fingerprint density at radius 3 is 2.19 bits per heavy atom. The molecule has 1 aliphatic heterocycles. The molecule has 27 heavy (non-hydrogen) atoms. The van der Waals surface area contributed by atoms with Gasteiger partial charge in [0.2, 0.25) is 0 Å². The second-order valence-electron chi connectivity index (χ2n) is 6.66. The maximum absolute atomic E-state index is 12.6. The van der Waals surface area contributed by atoms with E-state index in [0.29, 0.717) is 13.1 Å². The molecule has 3 aromatic rings. The van der Waals surface area contributed by atoms with Crippen LogP contribution in [0.1, 0.15) is 15.9 Å². The molecule has 1 amide bonds. The number of carbonyl (C=O) groups is 1. The molecule has 0 aliphatic carbocycles. The summed E-state index contributed by atoms with van der Waals surface area (Å²) in [5.41, 5.74) is 3.73. The summed E-state index contributed by atoms with van der Waals surface area (Å²) in [4.78, 5) is 20.7. The summed E-state index contributed by atoms with van der Waals surface area (Å²) in [6.45, 7) is 4.89. The molecule has 0 bridgehead atoms. The fourth-order valence-electron chi connectivity index (χ4n) is 3.19. The van der Waals surface area contributed by atoms with Gasteiger partial charge < -0.3 is 9.80 Å². The van der Waals surface area contributed by atoms with Gasteiger partial charge in [0.25, 0.3) is 5.91 Å². The Hall–Kier alpha value is -3.28. The van der Waals surface area contributed by atoms with Gasteiger partial charge in [-0.1, -0.05) is 17.7 Å². The van der Waals surface area contributed by atoms with Crippen molar-refractivity contribution in [1.29, 1.82) is 0 Å². The van der Waals surface area contributed by atoms with Gasteiger partial charge in [-0.15, -0.1) is 10.2 Å². The Labute approximate surface area is 158 Å². The zero-order valence-electron chi connectivity index (χ0n) is 15.2. The van der Waals surface area contributed by atoms with Gasteiger partial charge in [0.1, 0.15) is 0 Å². The number of hydrogen-bond acceptors (Lipinski definition) is 5. The van der Waals surface area contributed by atoms with Crippen LogP contribution in [-0.2, 0) is 0 Å². The first kappa shape index (κ1) is 17.1. The molecule has 0 radical (unpaired) electrons. The van der Waals surface area contributed by atoms with E-state index in [-0.39, 0.29) is 5.91 Å². The molecule has 1 fully saturated rings. The van der Waals surface area contributed by atoms with Crippen molar-refractivity contribution in [3.63, 3.8) is 0 Å². The van der Waals surface area contributed by atoms with Crippen molar-refractivity contribution in [2.75, 3.05) is 31.1 Å². The van der Waals surface area contributed by atoms with Crippen LogP contribution in [0, 0.1) is 6.92 Å². The minimum atomic E-state index is 0.0915. The van der Waals surface area contributed by atoms with Gasteiger partial charge in [0, 0.05) is 49.7 Å². The third kappa shape index (κ3) is 3.79. The highest BCUT2D eigenvalue weighted by molar-refractivity contribution is 5.94. The van der Waals surface area contributed by atoms with E-state index in [2.05, 4.69) is 20.1 Å². The number of carbonyl (C=O) groups excluding carboxylic acids is 1. The largest absolute Gasteiger partial charge is 0.352 e. The van der Waals surface area contributed by atoms with Crippen molar-refractivity contribution in [2.24, 2.45) is 0 Å². The zero-order chi connectivity index (χ0) is 18.6. The third-order valence-corrected chi connectivity index (χ3v) is 4.82. The monoisotopic (exact) mass is 359 g/mol. The number of anilines is 1. The standard InChI is InChI=1S/C21H21N5O/c1-16-2-4-18(5-3-16)21(27)26-14-12-25(13-15-26)20-7-6-19(23-24-20)17-8-10-22-11-9-17/h2-11H,12-15H2,1H3. The lowest BCUT2D eigenvalue weighted by Gasteiger charge is -2.35. The minimum absolute atomic E-state index is 0.0915. The molecule has 0 unspecified atom stereocenters. The normalized spacial score (nSPS) is 14.3. The number of nitrogens with zero attached hydrogens (tertiary/aromatic N) is 5. The first-order chi connectivity index (χ1) is 13.2. The molecule has 136 valence electrons. The molecule has 6 nitrogen and oxygen atoms in total. The second-order valence-corrected chi connectivity index (χ2v) is 6.66. The van der Waals surface area contributed by atoms with E-state index in [9.17, 15) is 4.79 Å². The molecule has 2 aromatic heterocycles. The SMILES string of the molecule is Cc1ccc(C(=O)N2CCN(c3ccc(-c4ccncc4)nn3)CC2)cc1. The van der Waals surface area contributed by atoms with Crippen molar-refractivity contribution >= 4 is 11.7 Å². The molecule has 0 atom stereocenters. The average Bonchev–Trinajstić information content (AvgIpc) is 2.75. The highest BCUT2D eigenvalue weighted by Gasteiger charge is 2.23. The summed E-state index contributed by atoms with van der Waals surface area (Å²) in [6, 6.07) is 15.5. The molecule has 0 saturated carbocycles. The van der Waals surface area contributed by atoms with Crippen molar-refractivity contribution < 1.29 is 4.79 Å². The summed E-state index contributed by atoms with van der Waals surface area (Å²) >= 11 is 0. The van der Waals surface area contributed by atoms with Crippen LogP contribution in [0.3, 0.4) is 0 Å². The zero-order valence-corrected chi connectivity index (χ0v) is 15.2. The Bertz CT molecular complexity index is 902. The summed E-state index contributed by atoms with van der Waals surface area (Å²) in [5.74, 6) is 0.934. The first-order valence-electron chi connectivity index (χ1n) is 9.06. The Morgan fingerprint density at radius 2 is 1.56 bits per heavy atom. The highest BCUT2D eigenvalue weighted by Crippen LogP contribution is 2.19. The molecule has 1 aliphatic rings. The minimum Gasteiger partial charge on any atom is -0.352 e. The van der Waals surface area contributed by atoms with E-state index < -0.39 is 0 Å². The van der Waals surface area contributed by atoms with E-state index in [0.717, 1.165) is 41.3 Å². The fraction of sp³-hybridized carbons (Fsp3) is 0.238. The number of hydrogen-bond donors (Lipinski definition) is 0. The number of piperazine rings is 1. The van der Waals surface area contributed by atoms with Gasteiger partial charge in [-0.05, 0) is 43.3 Å². The van der Waals surface area contributed by atoms with Crippen molar-refractivity contribution in [3.8, 4) is 11.3 Å². The molecule has 3 heterocycles. The highest BCUT2D eigenvalue weighted by atomic mass is 16.2. The summed E-state index contributed by atoms with van der Waals surface area (Å²) in [5, 5.41) is 8.70. The molecular weight excluding hydrogens is 338 g/mol. The lowest BCUT2D eigenvalue weighted by atomic mass is 10.1. The Morgan fingerprint density at radius 1 is 0.852 bits per heavy atom. The smallest absolute Gasteiger partial charge is 0.253 e. The molecule has 1 aromatic carbocycles. The number of aromatic nitrogens is 3. The molecule has 1 saturated heterocycles. The van der Waals surface area contributed by atoms with Crippen molar-refractivity contribution in [2.45, 2.75) is 6.92 Å². The summed E-state index contributed by atoms with van der Waals surface area (Å²) in [7, 11) is 0. The molecule has 0 spiro atoms. The summed E-state index contributed by atoms with van der Waals surface area (Å²) in [6.07, 6.45) is 3.49. The van der Waals surface area contributed by atoms with Crippen LogP contribution in [0.5, 0.6) is 0 Å². The van der Waals surface area contributed by atoms with Gasteiger partial charge in [-0.3, -0.25) is 9.78 Å². The quantitative estimate of drug-likeness (QED) is 0.720. The number of rotatable bonds is 3. The van der Waals surface area contributed by atoms with Gasteiger partial charge in [0.15, 0.2) is 5.82 Å². The number of amides is 1. The number of benzene rings is 1. The number of pyridine rings is 1. The van der Waals surface area contributed by atoms with Gasteiger partial charge in [-0.2, -0.15) is 0 Å².